The van der Waals surface area contributed by atoms with Crippen molar-refractivity contribution in [1.29, 1.82) is 0 Å². The van der Waals surface area contributed by atoms with Gasteiger partial charge in [0.2, 0.25) is 0 Å². The molecule has 1 aliphatic heterocycles. The lowest BCUT2D eigenvalue weighted by Gasteiger charge is -2.24. The molecule has 0 bridgehead atoms. The van der Waals surface area contributed by atoms with E-state index in [0.29, 0.717) is 36.2 Å². The fraction of sp³-hybridized carbons (Fsp3) is 0.300. The molecule has 0 spiro atoms. The van der Waals surface area contributed by atoms with Crippen molar-refractivity contribution >= 4 is 23.3 Å². The molecule has 2 aromatic rings. The van der Waals surface area contributed by atoms with Gasteiger partial charge in [0.25, 0.3) is 11.6 Å². The average molecular weight is 386 g/mol. The highest BCUT2D eigenvalue weighted by Crippen LogP contribution is 2.37. The Kier molecular flexibility index (Phi) is 5.67. The molecule has 1 aliphatic rings. The van der Waals surface area contributed by atoms with Crippen LogP contribution in [0.15, 0.2) is 42.5 Å². The van der Waals surface area contributed by atoms with Crippen LogP contribution in [0.5, 0.6) is 0 Å². The second-order valence-corrected chi connectivity index (χ2v) is 6.58. The summed E-state index contributed by atoms with van der Waals surface area (Å²) in [6, 6.07) is 9.51. The summed E-state index contributed by atoms with van der Waals surface area (Å²) in [5, 5.41) is 10.8. The largest absolute Gasteiger partial charge is 0.469 e. The molecule has 0 radical (unpaired) electrons. The quantitative estimate of drug-likeness (QED) is 0.453. The number of esters is 1. The van der Waals surface area contributed by atoms with Gasteiger partial charge in [0.1, 0.15) is 5.82 Å². The lowest BCUT2D eigenvalue weighted by Crippen LogP contribution is -2.31. The Hall–Kier alpha value is -3.29. The van der Waals surface area contributed by atoms with E-state index in [1.807, 2.05) is 0 Å². The van der Waals surface area contributed by atoms with E-state index in [0.717, 1.165) is 0 Å². The number of hydrogen-bond donors (Lipinski definition) is 0. The Morgan fingerprint density at radius 1 is 1.25 bits per heavy atom. The number of anilines is 1. The fourth-order valence-electron chi connectivity index (χ4n) is 3.46. The Balaban J connectivity index is 1.96. The van der Waals surface area contributed by atoms with Crippen LogP contribution in [0.1, 0.15) is 41.1 Å². The monoisotopic (exact) mass is 386 g/mol. The van der Waals surface area contributed by atoms with Crippen LogP contribution >= 0.6 is 0 Å². The molecule has 3 rings (SSSR count). The topological polar surface area (TPSA) is 89.8 Å². The number of nitro benzene ring substituents is 1. The molecule has 2 aromatic carbocycles. The third kappa shape index (κ3) is 4.00. The van der Waals surface area contributed by atoms with Gasteiger partial charge < -0.3 is 9.64 Å². The van der Waals surface area contributed by atoms with Crippen molar-refractivity contribution in [3.8, 4) is 0 Å². The summed E-state index contributed by atoms with van der Waals surface area (Å²) in [6.07, 6.45) is 1.33. The summed E-state index contributed by atoms with van der Waals surface area (Å²) in [4.78, 5) is 36.6. The second kappa shape index (κ2) is 8.16. The molecule has 0 fully saturated rings. The van der Waals surface area contributed by atoms with Crippen molar-refractivity contribution in [3.05, 3.63) is 69.5 Å². The number of benzene rings is 2. The molecular formula is C20H19FN2O5. The van der Waals surface area contributed by atoms with Crippen LogP contribution in [0.3, 0.4) is 0 Å². The molecule has 1 atom stereocenters. The number of ether oxygens (including phenoxy) is 1. The molecular weight excluding hydrogens is 367 g/mol. The maximum atomic E-state index is 13.9. The highest BCUT2D eigenvalue weighted by Gasteiger charge is 2.29. The van der Waals surface area contributed by atoms with E-state index >= 15 is 0 Å². The summed E-state index contributed by atoms with van der Waals surface area (Å²) in [5.74, 6) is -1.43. The van der Waals surface area contributed by atoms with Gasteiger partial charge in [0.05, 0.1) is 18.5 Å². The molecule has 0 saturated heterocycles. The highest BCUT2D eigenvalue weighted by atomic mass is 19.1. The molecule has 0 aromatic heterocycles. The smallest absolute Gasteiger partial charge is 0.306 e. The van der Waals surface area contributed by atoms with Crippen molar-refractivity contribution in [2.45, 2.75) is 25.2 Å². The molecule has 146 valence electrons. The van der Waals surface area contributed by atoms with E-state index in [4.69, 9.17) is 4.74 Å². The van der Waals surface area contributed by atoms with Crippen molar-refractivity contribution in [2.75, 3.05) is 18.6 Å². The lowest BCUT2D eigenvalue weighted by molar-refractivity contribution is -0.384. The maximum absolute atomic E-state index is 13.9. The number of nitrogens with zero attached hydrogens (tertiary/aromatic N) is 2. The van der Waals surface area contributed by atoms with Crippen molar-refractivity contribution < 1.29 is 23.6 Å². The highest BCUT2D eigenvalue weighted by molar-refractivity contribution is 6.06. The third-order valence-electron chi connectivity index (χ3n) is 4.87. The van der Waals surface area contributed by atoms with E-state index < -0.39 is 16.7 Å². The van der Waals surface area contributed by atoms with Crippen LogP contribution in [0.25, 0.3) is 0 Å². The zero-order valence-electron chi connectivity index (χ0n) is 15.3. The fourth-order valence-corrected chi connectivity index (χ4v) is 3.46. The predicted molar refractivity (Wildman–Crippen MR) is 99.8 cm³/mol. The Morgan fingerprint density at radius 3 is 2.61 bits per heavy atom. The number of carbonyl (C=O) groups is 2. The number of hydrogen-bond acceptors (Lipinski definition) is 5. The van der Waals surface area contributed by atoms with Gasteiger partial charge in [0, 0.05) is 29.9 Å². The standard InChI is InChI=1S/C20H19FN2O5/c1-28-19(24)11-14-3-2-10-22(18-9-6-15(21)12-17(14)18)20(25)13-4-7-16(8-5-13)23(26)27/h4-9,12,14H,2-3,10-11H2,1H3. The summed E-state index contributed by atoms with van der Waals surface area (Å²) in [7, 11) is 1.30. The maximum Gasteiger partial charge on any atom is 0.306 e. The van der Waals surface area contributed by atoms with Gasteiger partial charge in [-0.25, -0.2) is 4.39 Å². The molecule has 7 nitrogen and oxygen atoms in total. The minimum Gasteiger partial charge on any atom is -0.469 e. The molecule has 0 saturated carbocycles. The van der Waals surface area contributed by atoms with Crippen LogP contribution in [-0.4, -0.2) is 30.5 Å². The van der Waals surface area contributed by atoms with Gasteiger partial charge >= 0.3 is 5.97 Å². The summed E-state index contributed by atoms with van der Waals surface area (Å²) in [6.45, 7) is 0.395. The first-order valence-corrected chi connectivity index (χ1v) is 8.83. The number of halogens is 1. The van der Waals surface area contributed by atoms with Crippen LogP contribution < -0.4 is 4.90 Å². The third-order valence-corrected chi connectivity index (χ3v) is 4.87. The van der Waals surface area contributed by atoms with Crippen molar-refractivity contribution in [2.24, 2.45) is 0 Å². The number of nitro groups is 1. The Morgan fingerprint density at radius 2 is 1.96 bits per heavy atom. The average Bonchev–Trinajstić information content (AvgIpc) is 2.86. The number of fused-ring (bicyclic) bond motifs is 1. The van der Waals surface area contributed by atoms with Crippen molar-refractivity contribution in [3.63, 3.8) is 0 Å². The van der Waals surface area contributed by atoms with E-state index in [2.05, 4.69) is 0 Å². The predicted octanol–water partition coefficient (Wildman–Crippen LogP) is 3.82. The van der Waals surface area contributed by atoms with Gasteiger partial charge in [-0.05, 0) is 54.7 Å². The zero-order chi connectivity index (χ0) is 20.3. The number of rotatable bonds is 4. The Labute approximate surface area is 160 Å². The van der Waals surface area contributed by atoms with E-state index in [-0.39, 0.29) is 23.9 Å². The molecule has 1 heterocycles. The van der Waals surface area contributed by atoms with Gasteiger partial charge in [0.15, 0.2) is 0 Å². The van der Waals surface area contributed by atoms with Crippen LogP contribution in [-0.2, 0) is 9.53 Å². The Bertz CT molecular complexity index is 913. The molecule has 0 aliphatic carbocycles. The summed E-state index contributed by atoms with van der Waals surface area (Å²) >= 11 is 0. The molecule has 28 heavy (non-hydrogen) atoms. The van der Waals surface area contributed by atoms with Crippen LogP contribution in [0.4, 0.5) is 15.8 Å². The lowest BCUT2D eigenvalue weighted by atomic mass is 9.91. The minimum absolute atomic E-state index is 0.104. The van der Waals surface area contributed by atoms with Gasteiger partial charge in [-0.3, -0.25) is 19.7 Å². The van der Waals surface area contributed by atoms with Crippen LogP contribution in [0, 0.1) is 15.9 Å². The van der Waals surface area contributed by atoms with Gasteiger partial charge in [-0.1, -0.05) is 0 Å². The van der Waals surface area contributed by atoms with E-state index in [1.165, 1.54) is 54.5 Å². The van der Waals surface area contributed by atoms with E-state index in [1.54, 1.807) is 0 Å². The number of carbonyl (C=O) groups excluding carboxylic acids is 2. The summed E-state index contributed by atoms with van der Waals surface area (Å²) in [5.41, 5.74) is 1.31. The first-order valence-electron chi connectivity index (χ1n) is 8.83. The number of non-ortho nitro benzene ring substituents is 1. The van der Waals surface area contributed by atoms with Gasteiger partial charge in [-0.2, -0.15) is 0 Å². The van der Waals surface area contributed by atoms with Crippen LogP contribution in [0.2, 0.25) is 0 Å². The molecule has 1 amide bonds. The first-order chi connectivity index (χ1) is 13.4. The molecule has 8 heteroatoms. The normalized spacial score (nSPS) is 16.1. The number of methoxy groups -OCH3 is 1. The molecule has 0 N–H and O–H groups in total. The van der Waals surface area contributed by atoms with E-state index in [9.17, 15) is 24.1 Å². The summed E-state index contributed by atoms with van der Waals surface area (Å²) < 4.78 is 18.7. The van der Waals surface area contributed by atoms with Crippen molar-refractivity contribution in [1.82, 2.24) is 0 Å². The second-order valence-electron chi connectivity index (χ2n) is 6.58. The zero-order valence-corrected chi connectivity index (χ0v) is 15.3. The molecule has 1 unspecified atom stereocenters. The number of amides is 1. The SMILES string of the molecule is COC(=O)CC1CCCN(C(=O)c2ccc([N+](=O)[O-])cc2)c2ccc(F)cc21. The minimum atomic E-state index is -0.532. The van der Waals surface area contributed by atoms with Gasteiger partial charge in [-0.15, -0.1) is 0 Å². The first kappa shape index (κ1) is 19.5.